The summed E-state index contributed by atoms with van der Waals surface area (Å²) in [6, 6.07) is 6.12. The van der Waals surface area contributed by atoms with Gasteiger partial charge in [0.2, 0.25) is 0 Å². The molecular weight excluding hydrogens is 262 g/mol. The summed E-state index contributed by atoms with van der Waals surface area (Å²) in [4.78, 5) is 0. The van der Waals surface area contributed by atoms with Gasteiger partial charge in [-0.05, 0) is 37.1 Å². The third-order valence-corrected chi connectivity index (χ3v) is 2.82. The number of benzene rings is 1. The molecule has 2 rings (SSSR count). The monoisotopic (exact) mass is 281 g/mol. The number of aryl methyl sites for hydroxylation is 1. The Balaban J connectivity index is 0.00000180. The number of halogens is 1. The van der Waals surface area contributed by atoms with Gasteiger partial charge in [-0.25, -0.2) is 0 Å². The van der Waals surface area contributed by atoms with Gasteiger partial charge in [-0.3, -0.25) is 4.68 Å². The van der Waals surface area contributed by atoms with Gasteiger partial charge in [0.1, 0.15) is 5.75 Å². The number of ether oxygens (including phenoxy) is 1. The van der Waals surface area contributed by atoms with E-state index in [2.05, 4.69) is 24.2 Å². The summed E-state index contributed by atoms with van der Waals surface area (Å²) >= 11 is 0. The lowest BCUT2D eigenvalue weighted by molar-refractivity contribution is 0.340. The molecule has 0 fully saturated rings. The summed E-state index contributed by atoms with van der Waals surface area (Å²) in [5.74, 6) is 0.893. The van der Waals surface area contributed by atoms with Crippen molar-refractivity contribution in [3.8, 4) is 16.9 Å². The van der Waals surface area contributed by atoms with Crippen LogP contribution >= 0.6 is 12.4 Å². The molecule has 0 saturated carbocycles. The van der Waals surface area contributed by atoms with Crippen LogP contribution in [0.4, 0.5) is 0 Å². The number of hydrogen-bond donors (Lipinski definition) is 1. The fraction of sp³-hybridized carbons (Fsp3) is 0.357. The van der Waals surface area contributed by atoms with Crippen LogP contribution in [0.3, 0.4) is 0 Å². The maximum atomic E-state index is 5.53. The highest BCUT2D eigenvalue weighted by molar-refractivity contribution is 5.85. The lowest BCUT2D eigenvalue weighted by atomic mass is 10.0. The Morgan fingerprint density at radius 3 is 2.84 bits per heavy atom. The highest BCUT2D eigenvalue weighted by Gasteiger charge is 2.06. The van der Waals surface area contributed by atoms with E-state index >= 15 is 0 Å². The number of rotatable bonds is 5. The Morgan fingerprint density at radius 2 is 2.16 bits per heavy atom. The largest absolute Gasteiger partial charge is 0.494 e. The van der Waals surface area contributed by atoms with E-state index in [0.29, 0.717) is 13.2 Å². The van der Waals surface area contributed by atoms with Gasteiger partial charge in [0.15, 0.2) is 0 Å². The van der Waals surface area contributed by atoms with Crippen molar-refractivity contribution in [3.63, 3.8) is 0 Å². The Hall–Kier alpha value is -1.52. The lowest BCUT2D eigenvalue weighted by Gasteiger charge is -2.07. The Bertz CT molecular complexity index is 525. The Labute approximate surface area is 120 Å². The third kappa shape index (κ3) is 3.72. The standard InChI is InChI=1S/C14H19N3O.ClH/c1-3-18-13-5-4-11(2)14(8-13)12-9-16-17(10-12)7-6-15;/h4-5,8-10H,3,6-7,15H2,1-2H3;1H. The molecule has 19 heavy (non-hydrogen) atoms. The molecule has 0 aliphatic heterocycles. The molecule has 0 aliphatic rings. The van der Waals surface area contributed by atoms with Gasteiger partial charge in [-0.1, -0.05) is 6.07 Å². The van der Waals surface area contributed by atoms with Crippen LogP contribution in [-0.4, -0.2) is 22.9 Å². The first kappa shape index (κ1) is 15.5. The van der Waals surface area contributed by atoms with E-state index in [4.69, 9.17) is 10.5 Å². The molecule has 2 aromatic rings. The molecule has 0 saturated heterocycles. The van der Waals surface area contributed by atoms with Crippen molar-refractivity contribution in [1.29, 1.82) is 0 Å². The smallest absolute Gasteiger partial charge is 0.119 e. The summed E-state index contributed by atoms with van der Waals surface area (Å²) in [7, 11) is 0. The SMILES string of the molecule is CCOc1ccc(C)c(-c2cnn(CCN)c2)c1.Cl. The molecule has 1 heterocycles. The van der Waals surface area contributed by atoms with Gasteiger partial charge < -0.3 is 10.5 Å². The maximum Gasteiger partial charge on any atom is 0.119 e. The zero-order valence-electron chi connectivity index (χ0n) is 11.3. The van der Waals surface area contributed by atoms with Crippen LogP contribution in [0.2, 0.25) is 0 Å². The third-order valence-electron chi connectivity index (χ3n) is 2.82. The van der Waals surface area contributed by atoms with E-state index in [1.807, 2.05) is 30.1 Å². The summed E-state index contributed by atoms with van der Waals surface area (Å²) in [6.45, 7) is 6.09. The lowest BCUT2D eigenvalue weighted by Crippen LogP contribution is -2.09. The highest BCUT2D eigenvalue weighted by Crippen LogP contribution is 2.27. The zero-order chi connectivity index (χ0) is 13.0. The highest BCUT2D eigenvalue weighted by atomic mass is 35.5. The summed E-state index contributed by atoms with van der Waals surface area (Å²) in [5, 5.41) is 4.29. The fourth-order valence-electron chi connectivity index (χ4n) is 1.93. The van der Waals surface area contributed by atoms with Crippen molar-refractivity contribution in [1.82, 2.24) is 9.78 Å². The molecule has 0 radical (unpaired) electrons. The second kappa shape index (κ2) is 7.16. The predicted molar refractivity (Wildman–Crippen MR) is 79.9 cm³/mol. The van der Waals surface area contributed by atoms with Crippen molar-refractivity contribution in [2.75, 3.05) is 13.2 Å². The van der Waals surface area contributed by atoms with E-state index in [0.717, 1.165) is 23.4 Å². The van der Waals surface area contributed by atoms with Crippen LogP contribution in [0.15, 0.2) is 30.6 Å². The van der Waals surface area contributed by atoms with E-state index < -0.39 is 0 Å². The van der Waals surface area contributed by atoms with Gasteiger partial charge in [-0.15, -0.1) is 12.4 Å². The first-order valence-electron chi connectivity index (χ1n) is 6.21. The molecule has 0 bridgehead atoms. The topological polar surface area (TPSA) is 53.1 Å². The van der Waals surface area contributed by atoms with Gasteiger partial charge in [0.25, 0.3) is 0 Å². The van der Waals surface area contributed by atoms with Crippen LogP contribution < -0.4 is 10.5 Å². The number of nitrogens with two attached hydrogens (primary N) is 1. The van der Waals surface area contributed by atoms with E-state index in [9.17, 15) is 0 Å². The molecule has 104 valence electrons. The number of nitrogens with zero attached hydrogens (tertiary/aromatic N) is 2. The molecule has 0 aliphatic carbocycles. The molecule has 2 N–H and O–H groups in total. The minimum absolute atomic E-state index is 0. The summed E-state index contributed by atoms with van der Waals surface area (Å²) in [6.07, 6.45) is 3.89. The molecule has 5 heteroatoms. The van der Waals surface area contributed by atoms with Gasteiger partial charge >= 0.3 is 0 Å². The first-order chi connectivity index (χ1) is 8.74. The van der Waals surface area contributed by atoms with Gasteiger partial charge in [0.05, 0.1) is 19.3 Å². The van der Waals surface area contributed by atoms with Crippen LogP contribution in [0.1, 0.15) is 12.5 Å². The van der Waals surface area contributed by atoms with Crippen molar-refractivity contribution in [3.05, 3.63) is 36.2 Å². The number of hydrogen-bond acceptors (Lipinski definition) is 3. The Morgan fingerprint density at radius 1 is 1.37 bits per heavy atom. The summed E-state index contributed by atoms with van der Waals surface area (Å²) < 4.78 is 7.39. The van der Waals surface area contributed by atoms with Crippen molar-refractivity contribution < 1.29 is 4.74 Å². The van der Waals surface area contributed by atoms with Crippen LogP contribution in [0.5, 0.6) is 5.75 Å². The van der Waals surface area contributed by atoms with Crippen molar-refractivity contribution >= 4 is 12.4 Å². The molecule has 4 nitrogen and oxygen atoms in total. The van der Waals surface area contributed by atoms with E-state index in [-0.39, 0.29) is 12.4 Å². The molecule has 0 amide bonds. The minimum Gasteiger partial charge on any atom is -0.494 e. The van der Waals surface area contributed by atoms with Crippen LogP contribution in [0, 0.1) is 6.92 Å². The van der Waals surface area contributed by atoms with E-state index in [1.165, 1.54) is 5.56 Å². The number of aromatic nitrogens is 2. The molecule has 0 spiro atoms. The zero-order valence-corrected chi connectivity index (χ0v) is 12.1. The second-order valence-electron chi connectivity index (χ2n) is 4.19. The molecule has 1 aromatic heterocycles. The normalized spacial score (nSPS) is 10.1. The fourth-order valence-corrected chi connectivity index (χ4v) is 1.93. The molecule has 0 atom stereocenters. The minimum atomic E-state index is 0. The molecule has 1 aromatic carbocycles. The van der Waals surface area contributed by atoms with E-state index in [1.54, 1.807) is 0 Å². The average Bonchev–Trinajstić information content (AvgIpc) is 2.81. The summed E-state index contributed by atoms with van der Waals surface area (Å²) in [5.41, 5.74) is 8.99. The first-order valence-corrected chi connectivity index (χ1v) is 6.21. The predicted octanol–water partition coefficient (Wildman–Crippen LogP) is 2.64. The Kier molecular flexibility index (Phi) is 5.86. The van der Waals surface area contributed by atoms with Crippen molar-refractivity contribution in [2.24, 2.45) is 5.73 Å². The molecular formula is C14H20ClN3O. The van der Waals surface area contributed by atoms with Gasteiger partial charge in [-0.2, -0.15) is 5.10 Å². The second-order valence-corrected chi connectivity index (χ2v) is 4.19. The van der Waals surface area contributed by atoms with Crippen LogP contribution in [0.25, 0.3) is 11.1 Å². The quantitative estimate of drug-likeness (QED) is 0.917. The molecule has 0 unspecified atom stereocenters. The van der Waals surface area contributed by atoms with Crippen molar-refractivity contribution in [2.45, 2.75) is 20.4 Å². The van der Waals surface area contributed by atoms with Crippen LogP contribution in [-0.2, 0) is 6.54 Å². The van der Waals surface area contributed by atoms with Gasteiger partial charge in [0, 0.05) is 18.3 Å². The average molecular weight is 282 g/mol. The maximum absolute atomic E-state index is 5.53.